The fourth-order valence-electron chi connectivity index (χ4n) is 1.76. The fraction of sp³-hybridized carbons (Fsp3) is 0.400. The van der Waals surface area contributed by atoms with E-state index in [1.807, 2.05) is 0 Å². The number of esters is 1. The second-order valence-corrected chi connectivity index (χ2v) is 5.09. The Hall–Kier alpha value is -2.37. The van der Waals surface area contributed by atoms with Crippen LogP contribution in [0.25, 0.3) is 0 Å². The molecule has 6 nitrogen and oxygen atoms in total. The molecule has 0 bridgehead atoms. The zero-order valence-electron chi connectivity index (χ0n) is 12.0. The van der Waals surface area contributed by atoms with Crippen molar-refractivity contribution < 1.29 is 19.1 Å². The molecule has 2 N–H and O–H groups in total. The number of anilines is 1. The average Bonchev–Trinajstić information content (AvgIpc) is 3.22. The van der Waals surface area contributed by atoms with Gasteiger partial charge in [-0.15, -0.1) is 0 Å². The topological polar surface area (TPSA) is 84.5 Å². The third-order valence-electron chi connectivity index (χ3n) is 3.00. The van der Waals surface area contributed by atoms with Crippen LogP contribution in [0.2, 0.25) is 0 Å². The number of hydrogen-bond donors (Lipinski definition) is 2. The van der Waals surface area contributed by atoms with Gasteiger partial charge in [-0.2, -0.15) is 0 Å². The van der Waals surface area contributed by atoms with E-state index in [4.69, 9.17) is 4.74 Å². The van der Waals surface area contributed by atoms with Crippen LogP contribution in [0.4, 0.5) is 5.69 Å². The van der Waals surface area contributed by atoms with Gasteiger partial charge in [0.15, 0.2) is 6.10 Å². The van der Waals surface area contributed by atoms with Crippen LogP contribution in [0.15, 0.2) is 24.3 Å². The van der Waals surface area contributed by atoms with Gasteiger partial charge in [0, 0.05) is 18.7 Å². The van der Waals surface area contributed by atoms with Crippen LogP contribution >= 0.6 is 0 Å². The van der Waals surface area contributed by atoms with Crippen molar-refractivity contribution in [3.05, 3.63) is 29.8 Å². The summed E-state index contributed by atoms with van der Waals surface area (Å²) in [6.07, 6.45) is 1.11. The molecule has 1 aromatic rings. The maximum atomic E-state index is 12.0. The standard InChI is InChI=1S/C15H18N2O4/c1-9(14(19)17-12-6-7-12)21-15(20)11-4-3-5-13(8-11)16-10(2)18/h3-5,8-9,12H,6-7H2,1-2H3,(H,16,18)(H,17,19)/t9-/m0/s1. The Balaban J connectivity index is 1.95. The van der Waals surface area contributed by atoms with E-state index in [1.165, 1.54) is 19.9 Å². The predicted octanol–water partition coefficient (Wildman–Crippen LogP) is 1.47. The highest BCUT2D eigenvalue weighted by molar-refractivity contribution is 5.95. The summed E-state index contributed by atoms with van der Waals surface area (Å²) in [4.78, 5) is 34.7. The van der Waals surface area contributed by atoms with Gasteiger partial charge in [-0.3, -0.25) is 9.59 Å². The van der Waals surface area contributed by atoms with E-state index in [0.29, 0.717) is 5.69 Å². The zero-order valence-corrected chi connectivity index (χ0v) is 12.0. The normalized spacial score (nSPS) is 15.0. The van der Waals surface area contributed by atoms with Crippen LogP contribution in [0.5, 0.6) is 0 Å². The quantitative estimate of drug-likeness (QED) is 0.804. The number of hydrogen-bond acceptors (Lipinski definition) is 4. The first kappa shape index (κ1) is 15.0. The van der Waals surface area contributed by atoms with Crippen molar-refractivity contribution in [3.63, 3.8) is 0 Å². The van der Waals surface area contributed by atoms with E-state index in [-0.39, 0.29) is 23.4 Å². The molecule has 1 saturated carbocycles. The first-order chi connectivity index (χ1) is 9.95. The molecule has 1 aliphatic rings. The molecule has 0 aliphatic heterocycles. The Bertz CT molecular complexity index is 567. The summed E-state index contributed by atoms with van der Waals surface area (Å²) in [7, 11) is 0. The van der Waals surface area contributed by atoms with Crippen molar-refractivity contribution >= 4 is 23.5 Å². The van der Waals surface area contributed by atoms with Crippen molar-refractivity contribution in [1.29, 1.82) is 0 Å². The van der Waals surface area contributed by atoms with E-state index < -0.39 is 12.1 Å². The molecular weight excluding hydrogens is 272 g/mol. The minimum Gasteiger partial charge on any atom is -0.449 e. The summed E-state index contributed by atoms with van der Waals surface area (Å²) in [5.41, 5.74) is 0.791. The Morgan fingerprint density at radius 3 is 2.62 bits per heavy atom. The summed E-state index contributed by atoms with van der Waals surface area (Å²) in [5.74, 6) is -1.11. The molecule has 112 valence electrons. The number of ether oxygens (including phenoxy) is 1. The van der Waals surface area contributed by atoms with E-state index >= 15 is 0 Å². The van der Waals surface area contributed by atoms with Crippen LogP contribution < -0.4 is 10.6 Å². The highest BCUT2D eigenvalue weighted by Crippen LogP contribution is 2.19. The van der Waals surface area contributed by atoms with Gasteiger partial charge < -0.3 is 15.4 Å². The number of benzene rings is 1. The van der Waals surface area contributed by atoms with E-state index in [1.54, 1.807) is 18.2 Å². The summed E-state index contributed by atoms with van der Waals surface area (Å²) < 4.78 is 5.12. The third-order valence-corrected chi connectivity index (χ3v) is 3.00. The molecule has 0 unspecified atom stereocenters. The molecule has 0 spiro atoms. The lowest BCUT2D eigenvalue weighted by Gasteiger charge is -2.13. The molecule has 6 heteroatoms. The SMILES string of the molecule is CC(=O)Nc1cccc(C(=O)O[C@@H](C)C(=O)NC2CC2)c1. The monoisotopic (exact) mass is 290 g/mol. The summed E-state index contributed by atoms with van der Waals surface area (Å²) in [5, 5.41) is 5.36. The molecule has 1 fully saturated rings. The van der Waals surface area contributed by atoms with Gasteiger partial charge in [0.05, 0.1) is 5.56 Å². The molecule has 2 amide bonds. The molecule has 1 aliphatic carbocycles. The molecule has 0 saturated heterocycles. The van der Waals surface area contributed by atoms with Crippen molar-refractivity contribution in [3.8, 4) is 0 Å². The first-order valence-electron chi connectivity index (χ1n) is 6.84. The van der Waals surface area contributed by atoms with Crippen molar-refractivity contribution in [1.82, 2.24) is 5.32 Å². The highest BCUT2D eigenvalue weighted by atomic mass is 16.5. The van der Waals surface area contributed by atoms with E-state index in [9.17, 15) is 14.4 Å². The van der Waals surface area contributed by atoms with Gasteiger partial charge in [0.1, 0.15) is 0 Å². The van der Waals surface area contributed by atoms with Crippen LogP contribution in [0.1, 0.15) is 37.0 Å². The lowest BCUT2D eigenvalue weighted by molar-refractivity contribution is -0.129. The third kappa shape index (κ3) is 4.59. The molecule has 0 aromatic heterocycles. The molecule has 0 heterocycles. The Morgan fingerprint density at radius 2 is 2.00 bits per heavy atom. The minimum absolute atomic E-state index is 0.224. The summed E-state index contributed by atoms with van der Waals surface area (Å²) in [6.45, 7) is 2.92. The van der Waals surface area contributed by atoms with Gasteiger partial charge in [-0.1, -0.05) is 6.07 Å². The minimum atomic E-state index is -0.845. The zero-order chi connectivity index (χ0) is 15.4. The van der Waals surface area contributed by atoms with Crippen LogP contribution in [-0.2, 0) is 14.3 Å². The largest absolute Gasteiger partial charge is 0.449 e. The van der Waals surface area contributed by atoms with Crippen LogP contribution in [0.3, 0.4) is 0 Å². The molecular formula is C15H18N2O4. The maximum Gasteiger partial charge on any atom is 0.338 e. The smallest absolute Gasteiger partial charge is 0.338 e. The Kier molecular flexibility index (Phi) is 4.57. The van der Waals surface area contributed by atoms with Gasteiger partial charge in [-0.05, 0) is 38.0 Å². The lowest BCUT2D eigenvalue weighted by Crippen LogP contribution is -2.37. The fourth-order valence-corrected chi connectivity index (χ4v) is 1.76. The summed E-state index contributed by atoms with van der Waals surface area (Å²) in [6, 6.07) is 6.61. The van der Waals surface area contributed by atoms with E-state index in [2.05, 4.69) is 10.6 Å². The van der Waals surface area contributed by atoms with Crippen molar-refractivity contribution in [2.24, 2.45) is 0 Å². The van der Waals surface area contributed by atoms with Gasteiger partial charge >= 0.3 is 5.97 Å². The second-order valence-electron chi connectivity index (χ2n) is 5.09. The van der Waals surface area contributed by atoms with Gasteiger partial charge in [0.25, 0.3) is 5.91 Å². The maximum absolute atomic E-state index is 12.0. The van der Waals surface area contributed by atoms with Gasteiger partial charge in [0.2, 0.25) is 5.91 Å². The Morgan fingerprint density at radius 1 is 1.29 bits per heavy atom. The highest BCUT2D eigenvalue weighted by Gasteiger charge is 2.27. The average molecular weight is 290 g/mol. The molecule has 1 aromatic carbocycles. The van der Waals surface area contributed by atoms with Crippen molar-refractivity contribution in [2.75, 3.05) is 5.32 Å². The first-order valence-corrected chi connectivity index (χ1v) is 6.84. The van der Waals surface area contributed by atoms with Crippen molar-refractivity contribution in [2.45, 2.75) is 38.8 Å². The molecule has 2 rings (SSSR count). The molecule has 0 radical (unpaired) electrons. The van der Waals surface area contributed by atoms with Gasteiger partial charge in [-0.25, -0.2) is 4.79 Å². The second kappa shape index (κ2) is 6.39. The number of rotatable bonds is 5. The molecule has 1 atom stereocenters. The number of carbonyl (C=O) groups is 3. The lowest BCUT2D eigenvalue weighted by atomic mass is 10.2. The van der Waals surface area contributed by atoms with E-state index in [0.717, 1.165) is 12.8 Å². The number of amides is 2. The predicted molar refractivity (Wildman–Crippen MR) is 76.8 cm³/mol. The summed E-state index contributed by atoms with van der Waals surface area (Å²) >= 11 is 0. The van der Waals surface area contributed by atoms with Crippen LogP contribution in [-0.4, -0.2) is 29.9 Å². The number of carbonyl (C=O) groups excluding carboxylic acids is 3. The van der Waals surface area contributed by atoms with Crippen LogP contribution in [0, 0.1) is 0 Å². The Labute approximate surface area is 122 Å². The number of nitrogens with one attached hydrogen (secondary N) is 2. The molecule has 21 heavy (non-hydrogen) atoms.